The van der Waals surface area contributed by atoms with Crippen molar-refractivity contribution in [3.8, 4) is 5.69 Å². The Balaban J connectivity index is 1.77. The minimum atomic E-state index is -0.172. The number of nitrogens with zero attached hydrogens (tertiary/aromatic N) is 2. The van der Waals surface area contributed by atoms with Crippen molar-refractivity contribution >= 4 is 57.3 Å². The third-order valence-electron chi connectivity index (χ3n) is 3.72. The van der Waals surface area contributed by atoms with Gasteiger partial charge in [0.15, 0.2) is 14.8 Å². The number of hydrogen-bond acceptors (Lipinski definition) is 5. The fraction of sp³-hybridized carbons (Fsp3) is 0.0556. The first-order valence-corrected chi connectivity index (χ1v) is 10.3. The average molecular weight is 418 g/mol. The summed E-state index contributed by atoms with van der Waals surface area (Å²) in [5.74, 6) is 0.723. The van der Waals surface area contributed by atoms with Gasteiger partial charge in [0.2, 0.25) is 0 Å². The molecule has 0 aliphatic rings. The molecular weight excluding hydrogens is 406 g/mol. The molecule has 0 unspecified atom stereocenters. The highest BCUT2D eigenvalue weighted by molar-refractivity contribution is 7.98. The van der Waals surface area contributed by atoms with Gasteiger partial charge in [0, 0.05) is 16.5 Å². The zero-order valence-electron chi connectivity index (χ0n) is 13.3. The summed E-state index contributed by atoms with van der Waals surface area (Å²) in [6.07, 6.45) is 0. The van der Waals surface area contributed by atoms with Crippen LogP contribution in [0, 0.1) is 3.95 Å². The van der Waals surface area contributed by atoms with Gasteiger partial charge in [0.05, 0.1) is 0 Å². The molecule has 2 heterocycles. The number of thiazole rings is 1. The first-order chi connectivity index (χ1) is 12.6. The molecule has 0 amide bonds. The van der Waals surface area contributed by atoms with Crippen molar-refractivity contribution in [3.63, 3.8) is 0 Å². The van der Waals surface area contributed by atoms with Crippen LogP contribution < -0.4 is 5.56 Å². The lowest BCUT2D eigenvalue weighted by atomic mass is 10.2. The summed E-state index contributed by atoms with van der Waals surface area (Å²) in [6.45, 7) is 0. The van der Waals surface area contributed by atoms with E-state index in [1.54, 1.807) is 12.1 Å². The third kappa shape index (κ3) is 3.48. The highest BCUT2D eigenvalue weighted by Gasteiger charge is 2.14. The van der Waals surface area contributed by atoms with Crippen molar-refractivity contribution in [2.45, 2.75) is 10.9 Å². The summed E-state index contributed by atoms with van der Waals surface area (Å²) >= 11 is 14.2. The molecule has 0 aliphatic carbocycles. The molecule has 1 N–H and O–H groups in total. The molecule has 4 aromatic rings. The number of thioether (sulfide) groups is 1. The van der Waals surface area contributed by atoms with Gasteiger partial charge in [-0.15, -0.1) is 0 Å². The Bertz CT molecular complexity index is 1180. The molecule has 8 heteroatoms. The van der Waals surface area contributed by atoms with Gasteiger partial charge >= 0.3 is 0 Å². The summed E-state index contributed by atoms with van der Waals surface area (Å²) in [7, 11) is 0. The van der Waals surface area contributed by atoms with Gasteiger partial charge in [-0.1, -0.05) is 65.0 Å². The number of nitrogens with one attached hydrogen (secondary N) is 1. The predicted octanol–water partition coefficient (Wildman–Crippen LogP) is 5.45. The number of aromatic nitrogens is 3. The molecule has 26 heavy (non-hydrogen) atoms. The zero-order chi connectivity index (χ0) is 18.1. The van der Waals surface area contributed by atoms with Crippen molar-refractivity contribution in [2.75, 3.05) is 0 Å². The maximum absolute atomic E-state index is 12.5. The Hall–Kier alpha value is -1.93. The molecule has 0 fully saturated rings. The van der Waals surface area contributed by atoms with Crippen LogP contribution in [0.15, 0.2) is 64.5 Å². The van der Waals surface area contributed by atoms with Crippen molar-refractivity contribution < 1.29 is 0 Å². The molecule has 4 nitrogen and oxygen atoms in total. The molecule has 0 saturated heterocycles. The number of H-pyrrole nitrogens is 1. The van der Waals surface area contributed by atoms with Crippen LogP contribution in [0.2, 0.25) is 5.02 Å². The lowest BCUT2D eigenvalue weighted by molar-refractivity contribution is 0.943. The molecule has 4 rings (SSSR count). The quantitative estimate of drug-likeness (QED) is 0.272. The van der Waals surface area contributed by atoms with E-state index in [4.69, 9.17) is 23.8 Å². The van der Waals surface area contributed by atoms with E-state index in [9.17, 15) is 4.79 Å². The number of aromatic amines is 1. The van der Waals surface area contributed by atoms with Crippen LogP contribution in [0.25, 0.3) is 16.0 Å². The van der Waals surface area contributed by atoms with Gasteiger partial charge in [-0.3, -0.25) is 9.36 Å². The summed E-state index contributed by atoms with van der Waals surface area (Å²) < 4.78 is 2.91. The summed E-state index contributed by atoms with van der Waals surface area (Å²) in [5, 5.41) is 1.21. The van der Waals surface area contributed by atoms with Crippen LogP contribution in [0.1, 0.15) is 5.56 Å². The normalized spacial score (nSPS) is 11.1. The third-order valence-corrected chi connectivity index (χ3v) is 6.28. The molecule has 130 valence electrons. The minimum absolute atomic E-state index is 0.172. The molecule has 2 aromatic heterocycles. The largest absolute Gasteiger partial charge is 0.300 e. The maximum atomic E-state index is 12.5. The first-order valence-electron chi connectivity index (χ1n) is 7.70. The van der Waals surface area contributed by atoms with Crippen molar-refractivity contribution in [1.29, 1.82) is 0 Å². The van der Waals surface area contributed by atoms with Gasteiger partial charge in [0.25, 0.3) is 5.56 Å². The Labute approximate surface area is 167 Å². The predicted molar refractivity (Wildman–Crippen MR) is 111 cm³/mol. The summed E-state index contributed by atoms with van der Waals surface area (Å²) in [6, 6.07) is 17.4. The number of rotatable bonds is 4. The van der Waals surface area contributed by atoms with Crippen LogP contribution in [0.5, 0.6) is 0 Å². The number of fused-ring (bicyclic) bond motifs is 1. The molecule has 0 radical (unpaired) electrons. The van der Waals surface area contributed by atoms with Crippen LogP contribution in [0.4, 0.5) is 0 Å². The average Bonchev–Trinajstić information content (AvgIpc) is 2.98. The minimum Gasteiger partial charge on any atom is -0.300 e. The summed E-state index contributed by atoms with van der Waals surface area (Å²) in [5.41, 5.74) is 2.40. The molecule has 0 bridgehead atoms. The smallest absolute Gasteiger partial charge is 0.271 e. The van der Waals surface area contributed by atoms with Crippen LogP contribution in [-0.2, 0) is 5.75 Å². The van der Waals surface area contributed by atoms with Crippen molar-refractivity contribution in [3.05, 3.63) is 79.5 Å². The van der Waals surface area contributed by atoms with Gasteiger partial charge < -0.3 is 4.98 Å². The highest BCUT2D eigenvalue weighted by atomic mass is 35.5. The standard InChI is InChI=1S/C18H12ClN3OS3/c19-12-6-8-13(9-7-12)22-15-14(26-18(22)24)16(23)21-17(20-15)25-10-11-4-2-1-3-5-11/h1-9H,10H2,(H,20,21,23). The van der Waals surface area contributed by atoms with E-state index in [2.05, 4.69) is 9.97 Å². The molecule has 2 aromatic carbocycles. The Morgan fingerprint density at radius 1 is 1.15 bits per heavy atom. The molecular formula is C18H12ClN3OS3. The lowest BCUT2D eigenvalue weighted by Crippen LogP contribution is -2.09. The van der Waals surface area contributed by atoms with E-state index in [0.717, 1.165) is 11.4 Å². The van der Waals surface area contributed by atoms with E-state index in [1.807, 2.05) is 47.0 Å². The second-order valence-corrected chi connectivity index (χ2v) is 8.52. The van der Waals surface area contributed by atoms with E-state index < -0.39 is 0 Å². The van der Waals surface area contributed by atoms with Gasteiger partial charge in [-0.25, -0.2) is 4.98 Å². The monoisotopic (exact) mass is 417 g/mol. The van der Waals surface area contributed by atoms with E-state index in [0.29, 0.717) is 24.5 Å². The van der Waals surface area contributed by atoms with E-state index >= 15 is 0 Å². The topological polar surface area (TPSA) is 50.7 Å². The fourth-order valence-corrected chi connectivity index (χ4v) is 4.71. The SMILES string of the molecule is O=c1[nH]c(SCc2ccccc2)nc2c1sc(=S)n2-c1ccc(Cl)cc1. The number of benzene rings is 2. The van der Waals surface area contributed by atoms with Gasteiger partial charge in [-0.2, -0.15) is 0 Å². The van der Waals surface area contributed by atoms with Gasteiger partial charge in [-0.05, 0) is 42.0 Å². The Morgan fingerprint density at radius 2 is 1.88 bits per heavy atom. The molecule has 0 spiro atoms. The summed E-state index contributed by atoms with van der Waals surface area (Å²) in [4.78, 5) is 20.0. The second-order valence-electron chi connectivity index (χ2n) is 5.48. The van der Waals surface area contributed by atoms with Crippen LogP contribution >= 0.6 is 46.9 Å². The first kappa shape index (κ1) is 17.5. The number of hydrogen-bond donors (Lipinski definition) is 1. The highest BCUT2D eigenvalue weighted by Crippen LogP contribution is 2.26. The van der Waals surface area contributed by atoms with Crippen LogP contribution in [-0.4, -0.2) is 14.5 Å². The molecule has 0 saturated carbocycles. The zero-order valence-corrected chi connectivity index (χ0v) is 16.5. The second kappa shape index (κ2) is 7.36. The number of halogens is 1. The van der Waals surface area contributed by atoms with E-state index in [-0.39, 0.29) is 5.56 Å². The van der Waals surface area contributed by atoms with Crippen LogP contribution in [0.3, 0.4) is 0 Å². The Morgan fingerprint density at radius 3 is 2.62 bits per heavy atom. The van der Waals surface area contributed by atoms with Gasteiger partial charge in [0.1, 0.15) is 4.70 Å². The fourth-order valence-electron chi connectivity index (χ4n) is 2.51. The van der Waals surface area contributed by atoms with E-state index in [1.165, 1.54) is 28.7 Å². The molecule has 0 aliphatic heterocycles. The van der Waals surface area contributed by atoms with Crippen molar-refractivity contribution in [1.82, 2.24) is 14.5 Å². The lowest BCUT2D eigenvalue weighted by Gasteiger charge is -2.06. The maximum Gasteiger partial charge on any atom is 0.271 e. The molecule has 0 atom stereocenters. The van der Waals surface area contributed by atoms with Crippen molar-refractivity contribution in [2.24, 2.45) is 0 Å². The Kier molecular flexibility index (Phi) is 4.95.